The maximum absolute atomic E-state index is 13.4. The molecule has 1 aliphatic rings. The first-order chi connectivity index (χ1) is 13.9. The van der Waals surface area contributed by atoms with E-state index < -0.39 is 28.7 Å². The largest absolute Gasteiger partial charge is 0.388 e. The van der Waals surface area contributed by atoms with Gasteiger partial charge >= 0.3 is 0 Å². The van der Waals surface area contributed by atoms with Crippen LogP contribution in [0.3, 0.4) is 0 Å². The smallest absolute Gasteiger partial charge is 0.236 e. The summed E-state index contributed by atoms with van der Waals surface area (Å²) in [5, 5.41) is 28.2. The number of carbonyl (C=O) groups is 2. The Labute approximate surface area is 183 Å². The molecule has 0 heterocycles. The van der Waals surface area contributed by atoms with E-state index in [1.54, 1.807) is 0 Å². The molecule has 1 rings (SSSR count). The second-order valence-corrected chi connectivity index (χ2v) is 9.95. The molecule has 0 spiro atoms. The lowest BCUT2D eigenvalue weighted by molar-refractivity contribution is -0.154. The number of rotatable bonds is 12. The fourth-order valence-corrected chi connectivity index (χ4v) is 4.87. The molecule has 2 atom stereocenters. The van der Waals surface area contributed by atoms with Crippen LogP contribution in [0.2, 0.25) is 0 Å². The van der Waals surface area contributed by atoms with E-state index in [0.717, 1.165) is 6.42 Å². The number of hydrogen-bond donors (Lipinski definition) is 4. The second-order valence-electron chi connectivity index (χ2n) is 9.95. The van der Waals surface area contributed by atoms with E-state index in [2.05, 4.69) is 10.6 Å². The molecule has 0 unspecified atom stereocenters. The number of carbonyl (C=O) groups excluding carboxylic acids is 2. The van der Waals surface area contributed by atoms with Crippen molar-refractivity contribution in [2.24, 2.45) is 17.3 Å². The molecule has 6 nitrogen and oxygen atoms in total. The van der Waals surface area contributed by atoms with Gasteiger partial charge in [-0.05, 0) is 50.4 Å². The molecule has 0 bridgehead atoms. The average molecular weight is 427 g/mol. The molecule has 0 saturated heterocycles. The van der Waals surface area contributed by atoms with Gasteiger partial charge in [-0.3, -0.25) is 9.59 Å². The molecule has 2 amide bonds. The molecule has 1 saturated carbocycles. The Morgan fingerprint density at radius 1 is 0.767 bits per heavy atom. The maximum Gasteiger partial charge on any atom is 0.236 e. The van der Waals surface area contributed by atoms with Gasteiger partial charge in [-0.2, -0.15) is 0 Å². The van der Waals surface area contributed by atoms with E-state index in [4.69, 9.17) is 0 Å². The third-order valence-electron chi connectivity index (χ3n) is 7.59. The molecule has 30 heavy (non-hydrogen) atoms. The molecule has 6 heteroatoms. The number of hydrogen-bond acceptors (Lipinski definition) is 4. The van der Waals surface area contributed by atoms with Gasteiger partial charge in [-0.1, -0.05) is 61.8 Å². The van der Waals surface area contributed by atoms with Crippen LogP contribution in [0.4, 0.5) is 0 Å². The van der Waals surface area contributed by atoms with E-state index in [-0.39, 0.29) is 23.7 Å². The molecule has 0 aliphatic heterocycles. The summed E-state index contributed by atoms with van der Waals surface area (Å²) in [6, 6.07) is -0.844. The van der Waals surface area contributed by atoms with Crippen LogP contribution in [0.1, 0.15) is 100 Å². The number of nitrogens with one attached hydrogen (secondary N) is 2. The van der Waals surface area contributed by atoms with Crippen LogP contribution in [-0.2, 0) is 9.59 Å². The summed E-state index contributed by atoms with van der Waals surface area (Å²) in [4.78, 5) is 26.8. The standard InChI is InChI=1S/C24H46N2O4/c1-9-23(29,10-2)18(16(5)6)25-20(27)22(14-13-15-22)21(28)26-19(17(7)8)24(30,11-3)12-4/h16-19,29-30H,9-15H2,1-8H3,(H,25,27)(H,26,28)/t18-,19-/m1/s1. The zero-order valence-corrected chi connectivity index (χ0v) is 20.5. The van der Waals surface area contributed by atoms with Crippen molar-refractivity contribution in [2.45, 2.75) is 124 Å². The van der Waals surface area contributed by atoms with Crippen molar-refractivity contribution in [3.05, 3.63) is 0 Å². The summed E-state index contributed by atoms with van der Waals surface area (Å²) in [5.41, 5.74) is -3.13. The number of amides is 2. The molecule has 0 aromatic heterocycles. The van der Waals surface area contributed by atoms with Crippen molar-refractivity contribution >= 4 is 11.8 Å². The van der Waals surface area contributed by atoms with Gasteiger partial charge < -0.3 is 20.8 Å². The quantitative estimate of drug-likeness (QED) is 0.359. The zero-order chi connectivity index (χ0) is 23.3. The van der Waals surface area contributed by atoms with E-state index in [9.17, 15) is 19.8 Å². The Morgan fingerprint density at radius 3 is 1.23 bits per heavy atom. The Hall–Kier alpha value is -1.14. The van der Waals surface area contributed by atoms with Gasteiger partial charge in [0.1, 0.15) is 5.41 Å². The molecule has 0 aromatic rings. The van der Waals surface area contributed by atoms with Gasteiger partial charge in [0.25, 0.3) is 0 Å². The third kappa shape index (κ3) is 5.18. The summed E-state index contributed by atoms with van der Waals surface area (Å²) >= 11 is 0. The minimum absolute atomic E-state index is 0.0349. The van der Waals surface area contributed by atoms with Crippen LogP contribution in [0.25, 0.3) is 0 Å². The molecule has 0 aromatic carbocycles. The minimum atomic E-state index is -1.12. The highest BCUT2D eigenvalue weighted by atomic mass is 16.3. The lowest BCUT2D eigenvalue weighted by atomic mass is 9.66. The number of aliphatic hydroxyl groups is 2. The van der Waals surface area contributed by atoms with E-state index >= 15 is 0 Å². The Kier molecular flexibility index (Phi) is 9.37. The summed E-state index contributed by atoms with van der Waals surface area (Å²) in [5.74, 6) is -0.533. The predicted octanol–water partition coefficient (Wildman–Crippen LogP) is 3.54. The van der Waals surface area contributed by atoms with Crippen LogP contribution >= 0.6 is 0 Å². The van der Waals surface area contributed by atoms with E-state index in [0.29, 0.717) is 38.5 Å². The summed E-state index contributed by atoms with van der Waals surface area (Å²) < 4.78 is 0. The SMILES string of the molecule is CCC(O)(CC)[C@H](NC(=O)C1(C(=O)N[C@H](C(C)C)C(O)(CC)CC)CCC1)C(C)C. The fraction of sp³-hybridized carbons (Fsp3) is 0.917. The maximum atomic E-state index is 13.4. The highest BCUT2D eigenvalue weighted by molar-refractivity contribution is 6.06. The molecular weight excluding hydrogens is 380 g/mol. The van der Waals surface area contributed by atoms with Gasteiger partial charge in [0, 0.05) is 0 Å². The second kappa shape index (κ2) is 10.4. The van der Waals surface area contributed by atoms with Crippen molar-refractivity contribution in [1.29, 1.82) is 0 Å². The molecular formula is C24H46N2O4. The Bertz CT molecular complexity index is 530. The highest BCUT2D eigenvalue weighted by Gasteiger charge is 2.53. The third-order valence-corrected chi connectivity index (χ3v) is 7.59. The van der Waals surface area contributed by atoms with Crippen LogP contribution in [-0.4, -0.2) is 45.3 Å². The van der Waals surface area contributed by atoms with Gasteiger partial charge in [-0.25, -0.2) is 0 Å². The van der Waals surface area contributed by atoms with Crippen molar-refractivity contribution < 1.29 is 19.8 Å². The Morgan fingerprint density at radius 2 is 1.07 bits per heavy atom. The van der Waals surface area contributed by atoms with Crippen LogP contribution in [0, 0.1) is 17.3 Å². The van der Waals surface area contributed by atoms with Gasteiger partial charge in [0.15, 0.2) is 0 Å². The summed E-state index contributed by atoms with van der Waals surface area (Å²) in [7, 11) is 0. The molecule has 4 N–H and O–H groups in total. The van der Waals surface area contributed by atoms with Gasteiger partial charge in [-0.15, -0.1) is 0 Å². The van der Waals surface area contributed by atoms with Crippen LogP contribution in [0.5, 0.6) is 0 Å². The van der Waals surface area contributed by atoms with Gasteiger partial charge in [0.05, 0.1) is 23.3 Å². The fourth-order valence-electron chi connectivity index (χ4n) is 4.87. The lowest BCUT2D eigenvalue weighted by Crippen LogP contribution is -2.65. The van der Waals surface area contributed by atoms with Crippen molar-refractivity contribution in [1.82, 2.24) is 10.6 Å². The first-order valence-corrected chi connectivity index (χ1v) is 11.9. The Balaban J connectivity index is 3.12. The van der Waals surface area contributed by atoms with E-state index in [1.165, 1.54) is 0 Å². The lowest BCUT2D eigenvalue weighted by Gasteiger charge is -2.45. The van der Waals surface area contributed by atoms with Crippen LogP contribution in [0.15, 0.2) is 0 Å². The van der Waals surface area contributed by atoms with Crippen molar-refractivity contribution in [3.63, 3.8) is 0 Å². The first-order valence-electron chi connectivity index (χ1n) is 11.9. The van der Waals surface area contributed by atoms with Crippen molar-refractivity contribution in [2.75, 3.05) is 0 Å². The predicted molar refractivity (Wildman–Crippen MR) is 121 cm³/mol. The molecule has 1 fully saturated rings. The minimum Gasteiger partial charge on any atom is -0.388 e. The molecule has 176 valence electrons. The van der Waals surface area contributed by atoms with Gasteiger partial charge in [0.2, 0.25) is 11.8 Å². The van der Waals surface area contributed by atoms with Crippen molar-refractivity contribution in [3.8, 4) is 0 Å². The normalized spacial score (nSPS) is 18.7. The van der Waals surface area contributed by atoms with E-state index in [1.807, 2.05) is 55.4 Å². The summed E-state index contributed by atoms with van der Waals surface area (Å²) in [6.45, 7) is 15.6. The first kappa shape index (κ1) is 26.9. The topological polar surface area (TPSA) is 98.7 Å². The van der Waals surface area contributed by atoms with Crippen LogP contribution < -0.4 is 10.6 Å². The molecule has 1 aliphatic carbocycles. The zero-order valence-electron chi connectivity index (χ0n) is 20.5. The highest BCUT2D eigenvalue weighted by Crippen LogP contribution is 2.43. The molecule has 0 radical (unpaired) electrons. The monoisotopic (exact) mass is 426 g/mol. The average Bonchev–Trinajstić information content (AvgIpc) is 2.67. The summed E-state index contributed by atoms with van der Waals surface area (Å²) in [6.07, 6.45) is 3.92.